The van der Waals surface area contributed by atoms with Gasteiger partial charge in [0.2, 0.25) is 5.91 Å². The van der Waals surface area contributed by atoms with Crippen molar-refractivity contribution in [3.8, 4) is 0 Å². The highest BCUT2D eigenvalue weighted by Crippen LogP contribution is 2.29. The van der Waals surface area contributed by atoms with Crippen LogP contribution in [0.2, 0.25) is 0 Å². The predicted octanol–water partition coefficient (Wildman–Crippen LogP) is 2.95. The second-order valence-corrected chi connectivity index (χ2v) is 7.37. The van der Waals surface area contributed by atoms with E-state index in [1.54, 1.807) is 17.2 Å². The Morgan fingerprint density at radius 2 is 1.87 bits per heavy atom. The van der Waals surface area contributed by atoms with Gasteiger partial charge >= 0.3 is 0 Å². The lowest BCUT2D eigenvalue weighted by Crippen LogP contribution is -2.45. The highest BCUT2D eigenvalue weighted by molar-refractivity contribution is 5.86. The molecule has 1 N–H and O–H groups in total. The lowest BCUT2D eigenvalue weighted by Gasteiger charge is -2.25. The highest BCUT2D eigenvalue weighted by Gasteiger charge is 2.35. The number of carbonyl (C=O) groups is 1. The first-order valence-corrected chi connectivity index (χ1v) is 10.1. The van der Waals surface area contributed by atoms with Crippen molar-refractivity contribution in [3.63, 3.8) is 0 Å². The number of hydrogen-bond donors (Lipinski definition) is 1. The summed E-state index contributed by atoms with van der Waals surface area (Å²) in [5.74, 6) is -0.0456. The molecule has 0 radical (unpaired) electrons. The Morgan fingerprint density at radius 1 is 1.10 bits per heavy atom. The van der Waals surface area contributed by atoms with Crippen molar-refractivity contribution in [3.05, 3.63) is 72.6 Å². The van der Waals surface area contributed by atoms with Gasteiger partial charge in [0.1, 0.15) is 11.6 Å². The summed E-state index contributed by atoms with van der Waals surface area (Å²) < 4.78 is 5.92. The SMILES string of the molecule is O=C(N[C@H](Cn1nccn1)c1ccccc1)[C@H]1CCCN1c1nc2ccccc2o1. The summed E-state index contributed by atoms with van der Waals surface area (Å²) >= 11 is 0. The second kappa shape index (κ2) is 7.98. The average molecular weight is 402 g/mol. The van der Waals surface area contributed by atoms with Crippen molar-refractivity contribution < 1.29 is 9.21 Å². The topological polar surface area (TPSA) is 89.1 Å². The van der Waals surface area contributed by atoms with Gasteiger partial charge in [-0.05, 0) is 30.5 Å². The van der Waals surface area contributed by atoms with Crippen LogP contribution in [0, 0.1) is 0 Å². The number of rotatable bonds is 6. The molecule has 152 valence electrons. The Kier molecular flexibility index (Phi) is 4.88. The zero-order valence-electron chi connectivity index (χ0n) is 16.4. The lowest BCUT2D eigenvalue weighted by atomic mass is 10.1. The summed E-state index contributed by atoms with van der Waals surface area (Å²) in [6, 6.07) is 17.5. The van der Waals surface area contributed by atoms with Gasteiger partial charge in [-0.15, -0.1) is 0 Å². The van der Waals surface area contributed by atoms with Crippen molar-refractivity contribution in [1.29, 1.82) is 0 Å². The number of fused-ring (bicyclic) bond motifs is 1. The number of para-hydroxylation sites is 2. The van der Waals surface area contributed by atoms with Crippen LogP contribution in [0.3, 0.4) is 0 Å². The number of hydrogen-bond acceptors (Lipinski definition) is 6. The Bertz CT molecular complexity index is 1090. The summed E-state index contributed by atoms with van der Waals surface area (Å²) in [6.07, 6.45) is 4.94. The molecule has 5 rings (SSSR count). The summed E-state index contributed by atoms with van der Waals surface area (Å²) in [6.45, 7) is 1.19. The number of aromatic nitrogens is 4. The highest BCUT2D eigenvalue weighted by atomic mass is 16.4. The Balaban J connectivity index is 1.37. The predicted molar refractivity (Wildman–Crippen MR) is 112 cm³/mol. The molecule has 2 atom stereocenters. The van der Waals surface area contributed by atoms with Crippen molar-refractivity contribution >= 4 is 23.0 Å². The largest absolute Gasteiger partial charge is 0.423 e. The number of amides is 1. The first-order valence-electron chi connectivity index (χ1n) is 10.1. The minimum atomic E-state index is -0.324. The summed E-state index contributed by atoms with van der Waals surface area (Å²) in [7, 11) is 0. The molecule has 0 unspecified atom stereocenters. The van der Waals surface area contributed by atoms with Gasteiger partial charge in [-0.2, -0.15) is 20.0 Å². The minimum Gasteiger partial charge on any atom is -0.423 e. The van der Waals surface area contributed by atoms with Gasteiger partial charge in [0.25, 0.3) is 6.01 Å². The molecule has 0 aliphatic carbocycles. The number of oxazole rings is 1. The van der Waals surface area contributed by atoms with Crippen LogP contribution in [0.1, 0.15) is 24.4 Å². The molecule has 1 saturated heterocycles. The standard InChI is InChI=1S/C22H22N6O2/c29-21(25-18(15-28-23-12-13-24-28)16-7-2-1-3-8-16)19-10-6-14-27(19)22-26-17-9-4-5-11-20(17)30-22/h1-5,7-9,11-13,18-19H,6,10,14-15H2,(H,25,29)/t18-,19-/m1/s1. The van der Waals surface area contributed by atoms with E-state index in [1.165, 1.54) is 0 Å². The number of nitrogens with one attached hydrogen (secondary N) is 1. The van der Waals surface area contributed by atoms with Crippen molar-refractivity contribution in [2.45, 2.75) is 31.5 Å². The number of nitrogens with zero attached hydrogens (tertiary/aromatic N) is 5. The second-order valence-electron chi connectivity index (χ2n) is 7.37. The van der Waals surface area contributed by atoms with Gasteiger partial charge in [-0.25, -0.2) is 0 Å². The van der Waals surface area contributed by atoms with Gasteiger partial charge in [-0.3, -0.25) is 4.79 Å². The third-order valence-corrected chi connectivity index (χ3v) is 5.41. The van der Waals surface area contributed by atoms with E-state index >= 15 is 0 Å². The molecule has 8 nitrogen and oxygen atoms in total. The van der Waals surface area contributed by atoms with Crippen LogP contribution in [0.15, 0.2) is 71.4 Å². The maximum atomic E-state index is 13.3. The summed E-state index contributed by atoms with van der Waals surface area (Å²) in [5, 5.41) is 11.6. The normalized spacial score (nSPS) is 17.3. The third-order valence-electron chi connectivity index (χ3n) is 5.41. The number of benzene rings is 2. The molecule has 1 aliphatic rings. The zero-order chi connectivity index (χ0) is 20.3. The van der Waals surface area contributed by atoms with Crippen LogP contribution in [-0.2, 0) is 11.3 Å². The number of carbonyl (C=O) groups excluding carboxylic acids is 1. The first kappa shape index (κ1) is 18.4. The Labute approximate surface area is 173 Å². The third kappa shape index (κ3) is 3.63. The fraction of sp³-hybridized carbons (Fsp3) is 0.273. The molecule has 0 bridgehead atoms. The quantitative estimate of drug-likeness (QED) is 0.533. The molecule has 1 amide bonds. The summed E-state index contributed by atoms with van der Waals surface area (Å²) in [5.41, 5.74) is 2.53. The van der Waals surface area contributed by atoms with Gasteiger partial charge in [0, 0.05) is 6.54 Å². The van der Waals surface area contributed by atoms with Crippen molar-refractivity contribution in [2.24, 2.45) is 0 Å². The van der Waals surface area contributed by atoms with Crippen LogP contribution < -0.4 is 10.2 Å². The molecule has 30 heavy (non-hydrogen) atoms. The molecule has 0 saturated carbocycles. The van der Waals surface area contributed by atoms with Crippen molar-refractivity contribution in [1.82, 2.24) is 25.3 Å². The maximum absolute atomic E-state index is 13.3. The van der Waals surface area contributed by atoms with Crippen LogP contribution in [0.5, 0.6) is 0 Å². The Morgan fingerprint density at radius 3 is 2.67 bits per heavy atom. The first-order chi connectivity index (χ1) is 14.8. The molecule has 8 heteroatoms. The van der Waals surface area contributed by atoms with Gasteiger partial charge < -0.3 is 14.6 Å². The van der Waals surface area contributed by atoms with Crippen LogP contribution >= 0.6 is 0 Å². The molecule has 1 aliphatic heterocycles. The summed E-state index contributed by atoms with van der Waals surface area (Å²) in [4.78, 5) is 21.4. The molecule has 3 heterocycles. The smallest absolute Gasteiger partial charge is 0.299 e. The molecule has 4 aromatic rings. The van der Waals surface area contributed by atoms with Gasteiger partial charge in [-0.1, -0.05) is 42.5 Å². The van der Waals surface area contributed by atoms with Crippen LogP contribution in [0.4, 0.5) is 6.01 Å². The van der Waals surface area contributed by atoms with Crippen LogP contribution in [0.25, 0.3) is 11.1 Å². The van der Waals surface area contributed by atoms with E-state index < -0.39 is 0 Å². The molecular formula is C22H22N6O2. The molecule has 0 spiro atoms. The lowest BCUT2D eigenvalue weighted by molar-refractivity contribution is -0.123. The fourth-order valence-electron chi connectivity index (χ4n) is 3.94. The van der Waals surface area contributed by atoms with E-state index in [4.69, 9.17) is 4.42 Å². The van der Waals surface area contributed by atoms with Crippen LogP contribution in [-0.4, -0.2) is 38.5 Å². The van der Waals surface area contributed by atoms with E-state index in [-0.39, 0.29) is 18.0 Å². The van der Waals surface area contributed by atoms with Gasteiger partial charge in [0.15, 0.2) is 5.58 Å². The van der Waals surface area contributed by atoms with E-state index in [1.807, 2.05) is 59.5 Å². The molecule has 2 aromatic heterocycles. The molecule has 1 fully saturated rings. The Hall–Kier alpha value is -3.68. The van der Waals surface area contributed by atoms with E-state index in [0.29, 0.717) is 12.6 Å². The molecular weight excluding hydrogens is 380 g/mol. The maximum Gasteiger partial charge on any atom is 0.299 e. The fourth-order valence-corrected chi connectivity index (χ4v) is 3.94. The zero-order valence-corrected chi connectivity index (χ0v) is 16.4. The average Bonchev–Trinajstić information content (AvgIpc) is 3.53. The van der Waals surface area contributed by atoms with E-state index in [9.17, 15) is 4.79 Å². The number of anilines is 1. The van der Waals surface area contributed by atoms with Crippen molar-refractivity contribution in [2.75, 3.05) is 11.4 Å². The van der Waals surface area contributed by atoms with E-state index in [2.05, 4.69) is 20.5 Å². The van der Waals surface area contributed by atoms with Gasteiger partial charge in [0.05, 0.1) is 25.0 Å². The molecule has 2 aromatic carbocycles. The van der Waals surface area contributed by atoms with E-state index in [0.717, 1.165) is 36.0 Å². The minimum absolute atomic E-state index is 0.0456. The monoisotopic (exact) mass is 402 g/mol.